The molecule has 19 heteroatoms. The molecule has 5 spiro atoms. The molecule has 32 atom stereocenters. The lowest BCUT2D eigenvalue weighted by Crippen LogP contribution is -2.68. The first-order chi connectivity index (χ1) is 68.9. The number of hydrogen-bond acceptors (Lipinski definition) is 18. The molecule has 0 amide bonds. The summed E-state index contributed by atoms with van der Waals surface area (Å²) < 4.78 is 70.1. The van der Waals surface area contributed by atoms with Crippen LogP contribution < -0.4 is 10.4 Å². The van der Waals surface area contributed by atoms with Gasteiger partial charge in [0, 0.05) is 120 Å². The number of aliphatic hydroxyl groups excluding tert-OH is 2. The molecule has 5 aliphatic heterocycles. The second kappa shape index (κ2) is 40.3. The van der Waals surface area contributed by atoms with E-state index in [0.717, 1.165) is 236 Å². The molecule has 3 N–H and O–H groups in total. The summed E-state index contributed by atoms with van der Waals surface area (Å²) in [5, 5.41) is 35.2. The van der Waals surface area contributed by atoms with Gasteiger partial charge >= 0.3 is 0 Å². The van der Waals surface area contributed by atoms with Crippen molar-refractivity contribution >= 4 is 42.3 Å². The minimum atomic E-state index is -2.64. The molecule has 12 unspecified atom stereocenters. The summed E-state index contributed by atoms with van der Waals surface area (Å²) >= 11 is 0. The van der Waals surface area contributed by atoms with Crippen molar-refractivity contribution in [3.63, 3.8) is 0 Å². The van der Waals surface area contributed by atoms with E-state index >= 15 is 0 Å². The summed E-state index contributed by atoms with van der Waals surface area (Å²) in [5.74, 6) is 10.0. The predicted molar refractivity (Wildman–Crippen MR) is 568 cm³/mol. The lowest BCUT2D eigenvalue weighted by Gasteiger charge is -2.65. The minimum Gasteiger partial charge on any atom is -0.407 e. The van der Waals surface area contributed by atoms with Crippen LogP contribution in [0.4, 0.5) is 0 Å². The van der Waals surface area contributed by atoms with Gasteiger partial charge in [-0.15, -0.1) is 0 Å². The van der Waals surface area contributed by atoms with E-state index in [9.17, 15) is 34.5 Å². The maximum Gasteiger partial charge on any atom is 0.261 e. The summed E-state index contributed by atoms with van der Waals surface area (Å²) in [5.41, 5.74) is 0.786. The minimum absolute atomic E-state index is 0.0151. The second-order valence-electron chi connectivity index (χ2n) is 56.6. The Balaban J connectivity index is 0.000000113. The third-order valence-electron chi connectivity index (χ3n) is 49.2. The number of allylic oxidation sites excluding steroid dienone is 2. The Bertz CT molecular complexity index is 4870. The number of Topliss-reactive ketones (excluding diaryl/α,β-unsaturated/α-hetero) is 3. The largest absolute Gasteiger partial charge is 0.407 e. The van der Waals surface area contributed by atoms with Gasteiger partial charge in [0.2, 0.25) is 0 Å². The normalized spacial score (nSPS) is 46.6. The standard InChI is InChI=1S/C38H54O4Si.2C22H36O4.C22H34O4.C22H34O2/c1-28-17-21-36(5,34(39)27-28)32-18-22-37(6)33(19-23-38(37)40-25-26-41-38)31(32)20-24-42-43(35(2,3)4,29-13-9-7-10-14-29)30-15-11-8-12-16-30;1-14-4-7-19(2)16-5-8-20(3)17(6-9-22(20)25-10-11-26-22)15(16)12-18(23)21(19,24)13-14;2*1-15-4-8-20(2,19(24)14-15)17-5-9-21(3)18(16(17)7-11-23)6-10-22(21)25-12-13-26-22;1-15-6-9-20(2)16(14-15)4-5-17-18(20)7-10-21(3)19(17)8-11-22(21)23-12-13-24-22/h7-16,28,31-33H,17-27H2,1-6H3;14-18,23-24H,4-13H2,1-3H3;15-18,23H,4-14H2,1-3H3;11,15-18H,4-10,12-14H2,1-3H3;4,15,17-19H,5-14H2,1-3H3/t28-,31+,32?,33?,36+,37-;14-,15?,16?,17?,18-,19+,20-,21-;2*15-,16+,17?,18?,20+,21-;15-,17?,18?,19?,20-,21-/m00000/s1. The number of rotatable bonds is 13. The van der Waals surface area contributed by atoms with Gasteiger partial charge in [0.15, 0.2) is 28.9 Å². The molecular weight excluding hydrogens is 1830 g/mol. The zero-order valence-electron chi connectivity index (χ0n) is 93.3. The van der Waals surface area contributed by atoms with E-state index in [1.807, 2.05) is 5.57 Å². The van der Waals surface area contributed by atoms with Gasteiger partial charge in [0.1, 0.15) is 23.6 Å². The first kappa shape index (κ1) is 108. The van der Waals surface area contributed by atoms with Crippen molar-refractivity contribution < 1.29 is 86.3 Å². The lowest BCUT2D eigenvalue weighted by molar-refractivity contribution is -0.281. The van der Waals surface area contributed by atoms with E-state index in [0.29, 0.717) is 184 Å². The zero-order valence-corrected chi connectivity index (χ0v) is 94.3. The molecule has 0 aromatic heterocycles. The third kappa shape index (κ3) is 17.2. The molecule has 18 nitrogen and oxygen atoms in total. The Labute approximate surface area is 874 Å². The molecule has 0 bridgehead atoms. The smallest absolute Gasteiger partial charge is 0.261 e. The number of benzene rings is 2. The SMILES string of the molecule is C[C@H]1CC[C@@]2(C)C(=CCC3C2CC[C@@]2(C)C3CCC23OCCO3)C1.C[C@H]1CC[C@](C)(C2CC[C@@]3(C)C(CCC34OCCO4)[C@@H]2CC=O)C(=O)C1.C[C@H]1CC[C@](C)(C2CC[C@@]3(C)C(CCC34OCCO4)[C@@H]2CCO)C(=O)C1.C[C@H]1CC[C@](C)(C2CC[C@@]3(C)C(CCC34OCCO4)[C@@H]2CCO[Si](c2ccccc2)(c2ccccc2)C(C)(C)C)C(=O)C1.C[C@H]1CC[C@]2(C)C3CC[C@@]4(C)C(CCC45OCCO5)C3C[C@H](O)[C@@]2(O)C1. The van der Waals surface area contributed by atoms with E-state index < -0.39 is 37.4 Å². The molecule has 24 rings (SSSR count). The third-order valence-corrected chi connectivity index (χ3v) is 54.3. The van der Waals surface area contributed by atoms with Crippen molar-refractivity contribution in [3.05, 3.63) is 72.3 Å². The Morgan fingerprint density at radius 2 is 0.676 bits per heavy atom. The van der Waals surface area contributed by atoms with E-state index in [4.69, 9.17) is 51.8 Å². The fourth-order valence-electron chi connectivity index (χ4n) is 40.7. The molecule has 2 aromatic rings. The van der Waals surface area contributed by atoms with Crippen LogP contribution in [0.5, 0.6) is 0 Å². The van der Waals surface area contributed by atoms with Gasteiger partial charge in [-0.1, -0.05) is 197 Å². The Kier molecular flexibility index (Phi) is 30.1. The fourth-order valence-corrected chi connectivity index (χ4v) is 45.3. The quantitative estimate of drug-likeness (QED) is 0.0961. The van der Waals surface area contributed by atoms with Crippen LogP contribution in [0.3, 0.4) is 0 Å². The molecule has 21 fully saturated rings. The van der Waals surface area contributed by atoms with Crippen molar-refractivity contribution in [1.82, 2.24) is 0 Å². The van der Waals surface area contributed by atoms with Crippen molar-refractivity contribution in [3.8, 4) is 0 Å². The average Bonchev–Trinajstić information content (AvgIpc) is 1.42. The van der Waals surface area contributed by atoms with Crippen LogP contribution >= 0.6 is 0 Å². The van der Waals surface area contributed by atoms with E-state index in [-0.39, 0.29) is 77.9 Å². The summed E-state index contributed by atoms with van der Waals surface area (Å²) in [7, 11) is -2.64. The van der Waals surface area contributed by atoms with Crippen LogP contribution in [0.15, 0.2) is 72.3 Å². The maximum absolute atomic E-state index is 13.9. The molecule has 2 aromatic carbocycles. The first-order valence-electron chi connectivity index (χ1n) is 59.8. The number of aldehydes is 1. The van der Waals surface area contributed by atoms with Gasteiger partial charge in [-0.25, -0.2) is 0 Å². The van der Waals surface area contributed by atoms with Crippen LogP contribution in [0.2, 0.25) is 5.04 Å². The van der Waals surface area contributed by atoms with Gasteiger partial charge in [0.25, 0.3) is 8.32 Å². The molecule has 16 saturated carbocycles. The number of ketones is 3. The van der Waals surface area contributed by atoms with Crippen LogP contribution in [-0.2, 0) is 71.0 Å². The van der Waals surface area contributed by atoms with Crippen molar-refractivity contribution in [1.29, 1.82) is 0 Å². The van der Waals surface area contributed by atoms with E-state index in [1.54, 1.807) is 0 Å². The van der Waals surface area contributed by atoms with Gasteiger partial charge in [0.05, 0.1) is 77.8 Å². The molecule has 17 aliphatic carbocycles. The average molecular weight is 2030 g/mol. The monoisotopic (exact) mass is 2020 g/mol. The topological polar surface area (TPSA) is 230 Å². The Hall–Kier alpha value is -3.48. The van der Waals surface area contributed by atoms with Gasteiger partial charge in [-0.05, 0) is 338 Å². The van der Waals surface area contributed by atoms with Crippen LogP contribution in [0, 0.1) is 173 Å². The number of carbonyl (C=O) groups is 4. The van der Waals surface area contributed by atoms with Crippen LogP contribution in [0.25, 0.3) is 0 Å². The second-order valence-corrected chi connectivity index (χ2v) is 60.9. The summed E-state index contributed by atoms with van der Waals surface area (Å²) in [4.78, 5) is 51.6. The molecular formula is C126H194O18Si. The molecule has 5 saturated heterocycles. The molecule has 5 heterocycles. The fraction of sp³-hybridized carbons (Fsp3) is 0.857. The van der Waals surface area contributed by atoms with Crippen molar-refractivity contribution in [2.75, 3.05) is 79.3 Å². The highest BCUT2D eigenvalue weighted by molar-refractivity contribution is 6.99. The van der Waals surface area contributed by atoms with Gasteiger partial charge in [-0.3, -0.25) is 14.4 Å². The highest BCUT2D eigenvalue weighted by atomic mass is 28.4. The van der Waals surface area contributed by atoms with Crippen molar-refractivity contribution in [2.45, 2.75) is 427 Å². The first-order valence-corrected chi connectivity index (χ1v) is 61.7. The Morgan fingerprint density at radius 1 is 0.366 bits per heavy atom. The predicted octanol–water partition coefficient (Wildman–Crippen LogP) is 24.5. The number of fused-ring (bicyclic) bond motifs is 18. The number of carbonyl (C=O) groups excluding carboxylic acids is 4. The number of aliphatic hydroxyl groups is 3. The molecule has 810 valence electrons. The molecule has 145 heavy (non-hydrogen) atoms. The highest BCUT2D eigenvalue weighted by Gasteiger charge is 2.75. The Morgan fingerprint density at radius 3 is 1.06 bits per heavy atom. The van der Waals surface area contributed by atoms with Gasteiger partial charge < -0.3 is 71.9 Å². The summed E-state index contributed by atoms with van der Waals surface area (Å²) in [6, 6.07) is 22.0. The van der Waals surface area contributed by atoms with E-state index in [1.165, 1.54) is 61.7 Å². The zero-order chi connectivity index (χ0) is 103. The van der Waals surface area contributed by atoms with Gasteiger partial charge in [-0.2, -0.15) is 0 Å². The number of hydrogen-bond donors (Lipinski definition) is 3. The maximum atomic E-state index is 13.9. The van der Waals surface area contributed by atoms with Crippen LogP contribution in [0.1, 0.15) is 381 Å². The molecule has 0 radical (unpaired) electrons. The molecule has 22 aliphatic rings. The summed E-state index contributed by atoms with van der Waals surface area (Å²) in [6.45, 7) is 50.1. The van der Waals surface area contributed by atoms with Crippen molar-refractivity contribution in [2.24, 2.45) is 173 Å². The van der Waals surface area contributed by atoms with E-state index in [2.05, 4.69) is 191 Å². The van der Waals surface area contributed by atoms with Crippen LogP contribution in [-0.4, -0.2) is 167 Å². The lowest BCUT2D eigenvalue weighted by atomic mass is 9.42. The summed E-state index contributed by atoms with van der Waals surface area (Å²) in [6.07, 6.45) is 45.3. The number of ether oxygens (including phenoxy) is 10. The highest BCUT2D eigenvalue weighted by Crippen LogP contribution is 2.76.